The lowest BCUT2D eigenvalue weighted by atomic mass is 9.96. The second kappa shape index (κ2) is 5.83. The van der Waals surface area contributed by atoms with E-state index in [1.165, 1.54) is 0 Å². The third-order valence-corrected chi connectivity index (χ3v) is 4.52. The van der Waals surface area contributed by atoms with Crippen LogP contribution >= 0.6 is 0 Å². The van der Waals surface area contributed by atoms with Crippen molar-refractivity contribution in [2.24, 2.45) is 13.0 Å². The van der Waals surface area contributed by atoms with E-state index in [0.717, 1.165) is 16.5 Å². The molecule has 1 saturated heterocycles. The molecule has 0 aliphatic carbocycles. The van der Waals surface area contributed by atoms with E-state index >= 15 is 0 Å². The molecule has 0 unspecified atom stereocenters. The van der Waals surface area contributed by atoms with Crippen molar-refractivity contribution in [3.8, 4) is 0 Å². The third-order valence-electron chi connectivity index (χ3n) is 4.52. The molecular weight excluding hydrogens is 280 g/mol. The van der Waals surface area contributed by atoms with Crippen LogP contribution in [0.4, 0.5) is 0 Å². The highest BCUT2D eigenvalue weighted by molar-refractivity contribution is 5.89. The number of fused-ring (bicyclic) bond motifs is 1. The van der Waals surface area contributed by atoms with Gasteiger partial charge in [-0.2, -0.15) is 0 Å². The van der Waals surface area contributed by atoms with E-state index in [9.17, 15) is 9.59 Å². The lowest BCUT2D eigenvalue weighted by Gasteiger charge is -2.30. The van der Waals surface area contributed by atoms with Gasteiger partial charge in [-0.15, -0.1) is 0 Å². The summed E-state index contributed by atoms with van der Waals surface area (Å²) in [6.07, 6.45) is 3.48. The van der Waals surface area contributed by atoms with Gasteiger partial charge in [0.25, 0.3) is 0 Å². The largest absolute Gasteiger partial charge is 0.481 e. The van der Waals surface area contributed by atoms with Crippen molar-refractivity contribution in [3.05, 3.63) is 36.0 Å². The first-order chi connectivity index (χ1) is 10.6. The van der Waals surface area contributed by atoms with Gasteiger partial charge in [0.05, 0.1) is 12.3 Å². The molecule has 2 heterocycles. The zero-order valence-electron chi connectivity index (χ0n) is 12.7. The number of aromatic nitrogens is 1. The number of carboxylic acids is 1. The number of piperidine rings is 1. The molecule has 1 aliphatic rings. The molecule has 0 spiro atoms. The Hall–Kier alpha value is -2.30. The fourth-order valence-corrected chi connectivity index (χ4v) is 3.22. The summed E-state index contributed by atoms with van der Waals surface area (Å²) in [4.78, 5) is 25.2. The van der Waals surface area contributed by atoms with Crippen LogP contribution in [0.1, 0.15) is 18.4 Å². The van der Waals surface area contributed by atoms with Gasteiger partial charge in [-0.25, -0.2) is 0 Å². The monoisotopic (exact) mass is 300 g/mol. The molecule has 1 aliphatic heterocycles. The van der Waals surface area contributed by atoms with Gasteiger partial charge in [-0.1, -0.05) is 18.2 Å². The maximum absolute atomic E-state index is 12.5. The third kappa shape index (κ3) is 2.71. The number of aliphatic carboxylic acids is 1. The Balaban J connectivity index is 1.70. The highest BCUT2D eigenvalue weighted by Gasteiger charge is 2.27. The van der Waals surface area contributed by atoms with Crippen molar-refractivity contribution in [3.63, 3.8) is 0 Å². The van der Waals surface area contributed by atoms with Gasteiger partial charge in [0.1, 0.15) is 0 Å². The number of hydrogen-bond donors (Lipinski definition) is 1. The number of aryl methyl sites for hydroxylation is 1. The first kappa shape index (κ1) is 14.6. The van der Waals surface area contributed by atoms with Gasteiger partial charge >= 0.3 is 5.97 Å². The Morgan fingerprint density at radius 3 is 2.59 bits per heavy atom. The van der Waals surface area contributed by atoms with Crippen molar-refractivity contribution >= 4 is 22.8 Å². The Morgan fingerprint density at radius 2 is 1.91 bits per heavy atom. The number of carbonyl (C=O) groups is 2. The lowest BCUT2D eigenvalue weighted by Crippen LogP contribution is -2.40. The molecule has 1 fully saturated rings. The molecule has 0 saturated carbocycles. The maximum Gasteiger partial charge on any atom is 0.306 e. The summed E-state index contributed by atoms with van der Waals surface area (Å²) in [6.45, 7) is 1.08. The quantitative estimate of drug-likeness (QED) is 0.943. The summed E-state index contributed by atoms with van der Waals surface area (Å²) in [5.41, 5.74) is 2.15. The first-order valence-electron chi connectivity index (χ1n) is 7.60. The number of nitrogens with zero attached hydrogens (tertiary/aromatic N) is 2. The fraction of sp³-hybridized carbons (Fsp3) is 0.412. The van der Waals surface area contributed by atoms with Crippen molar-refractivity contribution < 1.29 is 14.7 Å². The average Bonchev–Trinajstić information content (AvgIpc) is 2.84. The lowest BCUT2D eigenvalue weighted by molar-refractivity contribution is -0.145. The van der Waals surface area contributed by atoms with Crippen molar-refractivity contribution in [1.29, 1.82) is 0 Å². The molecule has 3 rings (SSSR count). The molecule has 2 aromatic rings. The molecule has 1 aromatic carbocycles. The van der Waals surface area contributed by atoms with Gasteiger partial charge < -0.3 is 14.6 Å². The minimum Gasteiger partial charge on any atom is -0.481 e. The molecule has 5 nitrogen and oxygen atoms in total. The molecule has 1 N–H and O–H groups in total. The van der Waals surface area contributed by atoms with E-state index < -0.39 is 5.97 Å². The van der Waals surface area contributed by atoms with Gasteiger partial charge in [-0.05, 0) is 24.5 Å². The first-order valence-corrected chi connectivity index (χ1v) is 7.60. The zero-order valence-corrected chi connectivity index (χ0v) is 12.7. The van der Waals surface area contributed by atoms with Gasteiger partial charge in [0.2, 0.25) is 5.91 Å². The standard InChI is InChI=1S/C17H20N2O3/c1-18-11-13(14-4-2-3-5-15(14)18)10-16(20)19-8-6-12(7-9-19)17(21)22/h2-5,11-12H,6-10H2,1H3,(H,21,22). The van der Waals surface area contributed by atoms with E-state index in [4.69, 9.17) is 5.11 Å². The molecule has 0 radical (unpaired) electrons. The van der Waals surface area contributed by atoms with Gasteiger partial charge in [0.15, 0.2) is 0 Å². The number of likely N-dealkylation sites (tertiary alicyclic amines) is 1. The molecular formula is C17H20N2O3. The second-order valence-electron chi connectivity index (χ2n) is 5.95. The van der Waals surface area contributed by atoms with E-state index in [-0.39, 0.29) is 11.8 Å². The summed E-state index contributed by atoms with van der Waals surface area (Å²) < 4.78 is 2.04. The number of rotatable bonds is 3. The van der Waals surface area contributed by atoms with Crippen LogP contribution in [-0.4, -0.2) is 39.5 Å². The number of amides is 1. The van der Waals surface area contributed by atoms with E-state index in [0.29, 0.717) is 32.4 Å². The summed E-state index contributed by atoms with van der Waals surface area (Å²) in [7, 11) is 1.98. The summed E-state index contributed by atoms with van der Waals surface area (Å²) >= 11 is 0. The second-order valence-corrected chi connectivity index (χ2v) is 5.95. The Bertz CT molecular complexity index is 712. The molecule has 0 bridgehead atoms. The van der Waals surface area contributed by atoms with Gasteiger partial charge in [0, 0.05) is 37.2 Å². The van der Waals surface area contributed by atoms with E-state index in [1.54, 1.807) is 4.90 Å². The van der Waals surface area contributed by atoms with Crippen molar-refractivity contribution in [2.75, 3.05) is 13.1 Å². The average molecular weight is 300 g/mol. The van der Waals surface area contributed by atoms with Crippen LogP contribution in [0.15, 0.2) is 30.5 Å². The Labute approximate surface area is 129 Å². The predicted octanol–water partition coefficient (Wildman–Crippen LogP) is 2.04. The minimum atomic E-state index is -0.749. The van der Waals surface area contributed by atoms with E-state index in [1.807, 2.05) is 42.1 Å². The number of para-hydroxylation sites is 1. The molecule has 0 atom stereocenters. The van der Waals surface area contributed by atoms with Crippen molar-refractivity contribution in [2.45, 2.75) is 19.3 Å². The highest BCUT2D eigenvalue weighted by atomic mass is 16.4. The van der Waals surface area contributed by atoms with Crippen LogP contribution in [0, 0.1) is 5.92 Å². The van der Waals surface area contributed by atoms with Crippen LogP contribution in [0.2, 0.25) is 0 Å². The van der Waals surface area contributed by atoms with Crippen LogP contribution in [0.3, 0.4) is 0 Å². The smallest absolute Gasteiger partial charge is 0.306 e. The predicted molar refractivity (Wildman–Crippen MR) is 83.6 cm³/mol. The number of benzene rings is 1. The number of hydrogen-bond acceptors (Lipinski definition) is 2. The summed E-state index contributed by atoms with van der Waals surface area (Å²) in [6, 6.07) is 8.05. The van der Waals surface area contributed by atoms with Crippen LogP contribution in [-0.2, 0) is 23.1 Å². The van der Waals surface area contributed by atoms with Gasteiger partial charge in [-0.3, -0.25) is 9.59 Å². The molecule has 22 heavy (non-hydrogen) atoms. The Morgan fingerprint density at radius 1 is 1.23 bits per heavy atom. The Kier molecular flexibility index (Phi) is 3.88. The maximum atomic E-state index is 12.5. The fourth-order valence-electron chi connectivity index (χ4n) is 3.22. The molecule has 1 amide bonds. The number of carboxylic acid groups (broad SMARTS) is 1. The zero-order chi connectivity index (χ0) is 15.7. The summed E-state index contributed by atoms with van der Waals surface area (Å²) in [5.74, 6) is -0.969. The van der Waals surface area contributed by atoms with Crippen LogP contribution in [0.5, 0.6) is 0 Å². The molecule has 5 heteroatoms. The topological polar surface area (TPSA) is 62.5 Å². The van der Waals surface area contributed by atoms with Crippen LogP contribution in [0.25, 0.3) is 10.9 Å². The summed E-state index contributed by atoms with van der Waals surface area (Å²) in [5, 5.41) is 10.1. The molecule has 1 aromatic heterocycles. The molecule has 116 valence electrons. The number of carbonyl (C=O) groups excluding carboxylic acids is 1. The normalized spacial score (nSPS) is 16.1. The van der Waals surface area contributed by atoms with Crippen LogP contribution < -0.4 is 0 Å². The SMILES string of the molecule is Cn1cc(CC(=O)N2CCC(C(=O)O)CC2)c2ccccc21. The van der Waals surface area contributed by atoms with Crippen molar-refractivity contribution in [1.82, 2.24) is 9.47 Å². The minimum absolute atomic E-state index is 0.0835. The van der Waals surface area contributed by atoms with E-state index in [2.05, 4.69) is 0 Å². The highest BCUT2D eigenvalue weighted by Crippen LogP contribution is 2.23.